The first-order valence-corrected chi connectivity index (χ1v) is 6.95. The maximum absolute atomic E-state index is 11.3. The second-order valence-corrected chi connectivity index (χ2v) is 5.45. The van der Waals surface area contributed by atoms with E-state index in [1.807, 2.05) is 13.1 Å². The third-order valence-electron chi connectivity index (χ3n) is 3.67. The molecule has 0 fully saturated rings. The number of aliphatic hydroxyl groups is 1. The Labute approximate surface area is 118 Å². The zero-order valence-corrected chi connectivity index (χ0v) is 12.3. The summed E-state index contributed by atoms with van der Waals surface area (Å²) < 4.78 is 2.11. The van der Waals surface area contributed by atoms with Crippen LogP contribution in [0.4, 0.5) is 0 Å². The molecule has 0 aliphatic heterocycles. The molecule has 0 aliphatic carbocycles. The van der Waals surface area contributed by atoms with Gasteiger partial charge >= 0.3 is 5.97 Å². The highest BCUT2D eigenvalue weighted by Gasteiger charge is 2.19. The van der Waals surface area contributed by atoms with Crippen LogP contribution in [-0.2, 0) is 6.42 Å². The number of hydrogen-bond donors (Lipinski definition) is 2. The molecule has 0 saturated heterocycles. The predicted molar refractivity (Wildman–Crippen MR) is 79.3 cm³/mol. The first-order valence-electron chi connectivity index (χ1n) is 6.95. The fourth-order valence-electron chi connectivity index (χ4n) is 2.64. The van der Waals surface area contributed by atoms with Crippen LogP contribution in [0.15, 0.2) is 18.3 Å². The highest BCUT2D eigenvalue weighted by molar-refractivity contribution is 5.96. The van der Waals surface area contributed by atoms with Crippen molar-refractivity contribution in [2.45, 2.75) is 46.3 Å². The molecule has 1 heterocycles. The van der Waals surface area contributed by atoms with Crippen molar-refractivity contribution in [1.82, 2.24) is 4.57 Å². The van der Waals surface area contributed by atoms with Gasteiger partial charge in [0.15, 0.2) is 0 Å². The highest BCUT2D eigenvalue weighted by Crippen LogP contribution is 2.32. The Balaban J connectivity index is 2.89. The second-order valence-electron chi connectivity index (χ2n) is 5.45. The van der Waals surface area contributed by atoms with E-state index in [9.17, 15) is 15.0 Å². The van der Waals surface area contributed by atoms with E-state index in [-0.39, 0.29) is 11.6 Å². The van der Waals surface area contributed by atoms with E-state index in [4.69, 9.17) is 0 Å². The average Bonchev–Trinajstić information content (AvgIpc) is 2.77. The predicted octanol–water partition coefficient (Wildman–Crippen LogP) is 3.54. The Hall–Kier alpha value is -1.81. The number of carboxylic acids is 1. The SMILES string of the molecule is CCc1cc(C(=O)O)cc2c(C(C)O)cn(C(C)C)c12. The van der Waals surface area contributed by atoms with Gasteiger partial charge in [-0.3, -0.25) is 0 Å². The Bertz CT molecular complexity index is 653. The number of carbonyl (C=O) groups is 1. The third-order valence-corrected chi connectivity index (χ3v) is 3.67. The number of aromatic carboxylic acids is 1. The summed E-state index contributed by atoms with van der Waals surface area (Å²) in [5.41, 5.74) is 3.09. The topological polar surface area (TPSA) is 62.5 Å². The van der Waals surface area contributed by atoms with E-state index in [0.717, 1.165) is 28.5 Å². The molecular weight excluding hydrogens is 254 g/mol. The number of nitrogens with zero attached hydrogens (tertiary/aromatic N) is 1. The van der Waals surface area contributed by atoms with E-state index >= 15 is 0 Å². The first kappa shape index (κ1) is 14.6. The second kappa shape index (κ2) is 5.29. The maximum Gasteiger partial charge on any atom is 0.335 e. The fourth-order valence-corrected chi connectivity index (χ4v) is 2.64. The van der Waals surface area contributed by atoms with E-state index < -0.39 is 12.1 Å². The first-order chi connectivity index (χ1) is 9.36. The van der Waals surface area contributed by atoms with Gasteiger partial charge in [0.25, 0.3) is 0 Å². The van der Waals surface area contributed by atoms with Crippen LogP contribution in [0.5, 0.6) is 0 Å². The summed E-state index contributed by atoms with van der Waals surface area (Å²) >= 11 is 0. The van der Waals surface area contributed by atoms with Gasteiger partial charge in [-0.25, -0.2) is 4.79 Å². The van der Waals surface area contributed by atoms with E-state index in [1.165, 1.54) is 0 Å². The van der Waals surface area contributed by atoms with Crippen molar-refractivity contribution in [2.75, 3.05) is 0 Å². The van der Waals surface area contributed by atoms with Crippen LogP contribution in [0.2, 0.25) is 0 Å². The van der Waals surface area contributed by atoms with Crippen LogP contribution in [0.3, 0.4) is 0 Å². The number of rotatable bonds is 4. The summed E-state index contributed by atoms with van der Waals surface area (Å²) in [6, 6.07) is 3.65. The summed E-state index contributed by atoms with van der Waals surface area (Å²) in [7, 11) is 0. The van der Waals surface area contributed by atoms with Crippen molar-refractivity contribution in [3.8, 4) is 0 Å². The molecule has 0 bridgehead atoms. The molecule has 20 heavy (non-hydrogen) atoms. The number of carboxylic acid groups (broad SMARTS) is 1. The van der Waals surface area contributed by atoms with Gasteiger partial charge in [0.05, 0.1) is 17.2 Å². The zero-order valence-electron chi connectivity index (χ0n) is 12.3. The van der Waals surface area contributed by atoms with Gasteiger partial charge in [0.2, 0.25) is 0 Å². The van der Waals surface area contributed by atoms with Crippen molar-refractivity contribution in [1.29, 1.82) is 0 Å². The summed E-state index contributed by atoms with van der Waals surface area (Å²) in [6.45, 7) is 7.88. The molecule has 1 atom stereocenters. The monoisotopic (exact) mass is 275 g/mol. The lowest BCUT2D eigenvalue weighted by Crippen LogP contribution is -2.03. The van der Waals surface area contributed by atoms with Crippen molar-refractivity contribution in [2.24, 2.45) is 0 Å². The lowest BCUT2D eigenvalue weighted by atomic mass is 10.0. The van der Waals surface area contributed by atoms with Gasteiger partial charge in [0.1, 0.15) is 0 Å². The highest BCUT2D eigenvalue weighted by atomic mass is 16.4. The molecule has 108 valence electrons. The molecule has 0 radical (unpaired) electrons. The van der Waals surface area contributed by atoms with Crippen LogP contribution >= 0.6 is 0 Å². The molecule has 2 rings (SSSR count). The average molecular weight is 275 g/mol. The maximum atomic E-state index is 11.3. The Morgan fingerprint density at radius 2 is 1.95 bits per heavy atom. The number of aliphatic hydroxyl groups excluding tert-OH is 1. The number of fused-ring (bicyclic) bond motifs is 1. The van der Waals surface area contributed by atoms with Crippen molar-refractivity contribution < 1.29 is 15.0 Å². The van der Waals surface area contributed by atoms with Crippen LogP contribution in [0.25, 0.3) is 10.9 Å². The number of aryl methyl sites for hydroxylation is 1. The normalized spacial score (nSPS) is 13.1. The summed E-state index contributed by atoms with van der Waals surface area (Å²) in [6.07, 6.45) is 2.07. The molecular formula is C16H21NO3. The van der Waals surface area contributed by atoms with Crippen LogP contribution in [0, 0.1) is 0 Å². The number of hydrogen-bond acceptors (Lipinski definition) is 2. The minimum Gasteiger partial charge on any atom is -0.478 e. The van der Waals surface area contributed by atoms with Gasteiger partial charge in [-0.2, -0.15) is 0 Å². The molecule has 2 N–H and O–H groups in total. The summed E-state index contributed by atoms with van der Waals surface area (Å²) in [5.74, 6) is -0.935. The minimum atomic E-state index is -0.935. The van der Waals surface area contributed by atoms with Crippen LogP contribution in [-0.4, -0.2) is 20.7 Å². The molecule has 0 spiro atoms. The minimum absolute atomic E-state index is 0.256. The number of benzene rings is 1. The molecule has 1 aromatic carbocycles. The third kappa shape index (κ3) is 2.31. The molecule has 0 amide bonds. The molecule has 4 heteroatoms. The lowest BCUT2D eigenvalue weighted by molar-refractivity contribution is 0.0697. The van der Waals surface area contributed by atoms with Gasteiger partial charge in [0, 0.05) is 23.2 Å². The van der Waals surface area contributed by atoms with Crippen molar-refractivity contribution in [3.05, 3.63) is 35.0 Å². The molecule has 2 aromatic rings. The summed E-state index contributed by atoms with van der Waals surface area (Å²) in [5, 5.41) is 20.0. The molecule has 4 nitrogen and oxygen atoms in total. The zero-order chi connectivity index (χ0) is 15.0. The van der Waals surface area contributed by atoms with Gasteiger partial charge in [-0.1, -0.05) is 6.92 Å². The summed E-state index contributed by atoms with van der Waals surface area (Å²) in [4.78, 5) is 11.3. The standard InChI is InChI=1S/C16H21NO3/c1-5-11-6-12(16(19)20)7-13-14(10(4)18)8-17(9(2)3)15(11)13/h6-10,18H,5H2,1-4H3,(H,19,20). The Morgan fingerprint density at radius 3 is 2.40 bits per heavy atom. The van der Waals surface area contributed by atoms with Gasteiger partial charge < -0.3 is 14.8 Å². The van der Waals surface area contributed by atoms with E-state index in [0.29, 0.717) is 0 Å². The van der Waals surface area contributed by atoms with Crippen LogP contribution in [0.1, 0.15) is 61.3 Å². The van der Waals surface area contributed by atoms with E-state index in [1.54, 1.807) is 19.1 Å². The number of aromatic nitrogens is 1. The van der Waals surface area contributed by atoms with Crippen molar-refractivity contribution >= 4 is 16.9 Å². The molecule has 1 aromatic heterocycles. The van der Waals surface area contributed by atoms with Crippen molar-refractivity contribution in [3.63, 3.8) is 0 Å². The lowest BCUT2D eigenvalue weighted by Gasteiger charge is -2.12. The smallest absolute Gasteiger partial charge is 0.335 e. The van der Waals surface area contributed by atoms with Crippen LogP contribution < -0.4 is 0 Å². The molecule has 0 aliphatic rings. The Morgan fingerprint density at radius 1 is 1.30 bits per heavy atom. The molecule has 0 saturated carbocycles. The largest absolute Gasteiger partial charge is 0.478 e. The Kier molecular flexibility index (Phi) is 3.86. The van der Waals surface area contributed by atoms with Gasteiger partial charge in [-0.05, 0) is 44.9 Å². The van der Waals surface area contributed by atoms with E-state index in [2.05, 4.69) is 18.4 Å². The fraction of sp³-hybridized carbons (Fsp3) is 0.438. The van der Waals surface area contributed by atoms with Gasteiger partial charge in [-0.15, -0.1) is 0 Å². The quantitative estimate of drug-likeness (QED) is 0.897. The molecule has 1 unspecified atom stereocenters.